The molecular formula is C22H17N7O. The SMILES string of the molecule is Cc1cc(NC(=O)c2nc3c(Nc4ccccc4)nc4ccccc4n3n2)ccn1. The third-order valence-electron chi connectivity index (χ3n) is 4.56. The van der Waals surface area contributed by atoms with E-state index in [9.17, 15) is 4.79 Å². The van der Waals surface area contributed by atoms with Crippen molar-refractivity contribution < 1.29 is 4.79 Å². The molecule has 0 spiro atoms. The van der Waals surface area contributed by atoms with E-state index in [4.69, 9.17) is 4.98 Å². The molecule has 0 fully saturated rings. The van der Waals surface area contributed by atoms with E-state index in [1.165, 1.54) is 0 Å². The smallest absolute Gasteiger partial charge is 0.295 e. The molecule has 5 rings (SSSR count). The van der Waals surface area contributed by atoms with Crippen LogP contribution in [0, 0.1) is 6.92 Å². The number of nitrogens with one attached hydrogen (secondary N) is 2. The summed E-state index contributed by atoms with van der Waals surface area (Å²) in [5.74, 6) is 0.170. The normalized spacial score (nSPS) is 11.0. The van der Waals surface area contributed by atoms with Crippen LogP contribution in [0.5, 0.6) is 0 Å². The standard InChI is InChI=1S/C22H17N7O/c1-14-13-16(11-12-23-14)25-22(30)20-27-21-19(24-15-7-3-2-4-8-15)26-17-9-5-6-10-18(17)29(21)28-20/h2-13H,1H3,(H,24,26)(H,23,25,30). The van der Waals surface area contributed by atoms with Gasteiger partial charge in [-0.15, -0.1) is 5.10 Å². The average Bonchev–Trinajstić information content (AvgIpc) is 3.21. The Hall–Kier alpha value is -4.33. The van der Waals surface area contributed by atoms with Gasteiger partial charge in [0.15, 0.2) is 11.5 Å². The molecule has 2 N–H and O–H groups in total. The first-order valence-electron chi connectivity index (χ1n) is 9.39. The second kappa shape index (κ2) is 7.25. The van der Waals surface area contributed by atoms with E-state index in [-0.39, 0.29) is 5.82 Å². The first-order valence-corrected chi connectivity index (χ1v) is 9.39. The molecule has 0 saturated carbocycles. The van der Waals surface area contributed by atoms with E-state index in [0.29, 0.717) is 17.2 Å². The van der Waals surface area contributed by atoms with Crippen LogP contribution in [0.4, 0.5) is 17.2 Å². The first-order chi connectivity index (χ1) is 14.7. The van der Waals surface area contributed by atoms with Gasteiger partial charge in [0.25, 0.3) is 5.91 Å². The van der Waals surface area contributed by atoms with Gasteiger partial charge in [-0.3, -0.25) is 9.78 Å². The third-order valence-corrected chi connectivity index (χ3v) is 4.56. The summed E-state index contributed by atoms with van der Waals surface area (Å²) in [5.41, 5.74) is 4.27. The fraction of sp³-hybridized carbons (Fsp3) is 0.0455. The molecule has 2 aromatic carbocycles. The van der Waals surface area contributed by atoms with E-state index in [2.05, 4.69) is 25.7 Å². The molecule has 1 amide bonds. The average molecular weight is 395 g/mol. The highest BCUT2D eigenvalue weighted by Crippen LogP contribution is 2.23. The maximum Gasteiger partial charge on any atom is 0.295 e. The Kier molecular flexibility index (Phi) is 4.29. The summed E-state index contributed by atoms with van der Waals surface area (Å²) in [6, 6.07) is 20.8. The van der Waals surface area contributed by atoms with Gasteiger partial charge in [-0.05, 0) is 43.3 Å². The molecule has 0 atom stereocenters. The predicted octanol–water partition coefficient (Wildman–Crippen LogP) is 3.98. The zero-order chi connectivity index (χ0) is 20.5. The lowest BCUT2D eigenvalue weighted by atomic mass is 10.3. The second-order valence-corrected chi connectivity index (χ2v) is 6.75. The van der Waals surface area contributed by atoms with E-state index < -0.39 is 5.91 Å². The highest BCUT2D eigenvalue weighted by atomic mass is 16.2. The number of carbonyl (C=O) groups excluding carboxylic acids is 1. The molecule has 3 aromatic heterocycles. The number of rotatable bonds is 4. The summed E-state index contributed by atoms with van der Waals surface area (Å²) in [4.78, 5) is 26.1. The predicted molar refractivity (Wildman–Crippen MR) is 115 cm³/mol. The van der Waals surface area contributed by atoms with Crippen LogP contribution >= 0.6 is 0 Å². The molecule has 0 bridgehead atoms. The molecule has 8 heteroatoms. The number of amides is 1. The maximum absolute atomic E-state index is 12.8. The first kappa shape index (κ1) is 17.7. The van der Waals surface area contributed by atoms with Gasteiger partial charge in [0.2, 0.25) is 5.82 Å². The van der Waals surface area contributed by atoms with Crippen LogP contribution < -0.4 is 10.6 Å². The van der Waals surface area contributed by atoms with Gasteiger partial charge in [-0.2, -0.15) is 4.98 Å². The zero-order valence-corrected chi connectivity index (χ0v) is 16.1. The molecule has 0 aliphatic heterocycles. The fourth-order valence-corrected chi connectivity index (χ4v) is 3.19. The van der Waals surface area contributed by atoms with Crippen molar-refractivity contribution in [3.63, 3.8) is 0 Å². The Morgan fingerprint density at radius 1 is 0.933 bits per heavy atom. The lowest BCUT2D eigenvalue weighted by Crippen LogP contribution is -2.14. The molecule has 0 radical (unpaired) electrons. The quantitative estimate of drug-likeness (QED) is 0.478. The van der Waals surface area contributed by atoms with Crippen molar-refractivity contribution in [1.82, 2.24) is 24.6 Å². The van der Waals surface area contributed by atoms with Gasteiger partial charge >= 0.3 is 0 Å². The van der Waals surface area contributed by atoms with Gasteiger partial charge < -0.3 is 10.6 Å². The number of carbonyl (C=O) groups is 1. The minimum atomic E-state index is -0.404. The van der Waals surface area contributed by atoms with Crippen LogP contribution in [0.1, 0.15) is 16.3 Å². The van der Waals surface area contributed by atoms with E-state index in [1.54, 1.807) is 22.8 Å². The van der Waals surface area contributed by atoms with E-state index >= 15 is 0 Å². The Morgan fingerprint density at radius 2 is 1.73 bits per heavy atom. The van der Waals surface area contributed by atoms with Gasteiger partial charge in [0.05, 0.1) is 11.0 Å². The molecule has 146 valence electrons. The van der Waals surface area contributed by atoms with Crippen molar-refractivity contribution in [2.45, 2.75) is 6.92 Å². The molecule has 0 unspecified atom stereocenters. The number of aromatic nitrogens is 5. The lowest BCUT2D eigenvalue weighted by Gasteiger charge is -2.08. The summed E-state index contributed by atoms with van der Waals surface area (Å²) in [5, 5.41) is 10.6. The van der Waals surface area contributed by atoms with Crippen molar-refractivity contribution in [1.29, 1.82) is 0 Å². The van der Waals surface area contributed by atoms with Crippen molar-refractivity contribution in [2.75, 3.05) is 10.6 Å². The minimum Gasteiger partial charge on any atom is -0.337 e. The summed E-state index contributed by atoms with van der Waals surface area (Å²) < 4.78 is 1.64. The molecular weight excluding hydrogens is 378 g/mol. The van der Waals surface area contributed by atoms with Gasteiger partial charge in [-0.1, -0.05) is 30.3 Å². The van der Waals surface area contributed by atoms with Gasteiger partial charge in [0, 0.05) is 23.3 Å². The monoisotopic (exact) mass is 395 g/mol. The Labute approximate surface area is 171 Å². The molecule has 8 nitrogen and oxygen atoms in total. The second-order valence-electron chi connectivity index (χ2n) is 6.75. The van der Waals surface area contributed by atoms with Crippen molar-refractivity contribution in [3.8, 4) is 0 Å². The highest BCUT2D eigenvalue weighted by Gasteiger charge is 2.18. The topological polar surface area (TPSA) is 97.1 Å². The number of hydrogen-bond donors (Lipinski definition) is 2. The molecule has 3 heterocycles. The van der Waals surface area contributed by atoms with Gasteiger partial charge in [-0.25, -0.2) is 9.50 Å². The highest BCUT2D eigenvalue weighted by molar-refractivity contribution is 6.02. The number of nitrogens with zero attached hydrogens (tertiary/aromatic N) is 5. The Balaban J connectivity index is 1.60. The third kappa shape index (κ3) is 3.30. The Bertz CT molecular complexity index is 1380. The van der Waals surface area contributed by atoms with Crippen LogP contribution in [-0.4, -0.2) is 30.5 Å². The number of pyridine rings is 1. The molecule has 0 saturated heterocycles. The zero-order valence-electron chi connectivity index (χ0n) is 16.1. The number of anilines is 3. The van der Waals surface area contributed by atoms with Crippen LogP contribution in [0.25, 0.3) is 16.7 Å². The summed E-state index contributed by atoms with van der Waals surface area (Å²) >= 11 is 0. The number of fused-ring (bicyclic) bond motifs is 3. The largest absolute Gasteiger partial charge is 0.337 e. The number of para-hydroxylation sites is 3. The van der Waals surface area contributed by atoms with E-state index in [1.807, 2.05) is 61.5 Å². The fourth-order valence-electron chi connectivity index (χ4n) is 3.19. The van der Waals surface area contributed by atoms with Crippen molar-refractivity contribution in [2.24, 2.45) is 0 Å². The minimum absolute atomic E-state index is 0.0544. The molecule has 0 aliphatic rings. The summed E-state index contributed by atoms with van der Waals surface area (Å²) in [6.45, 7) is 1.86. The number of aryl methyl sites for hydroxylation is 1. The molecule has 30 heavy (non-hydrogen) atoms. The van der Waals surface area contributed by atoms with Crippen LogP contribution in [0.15, 0.2) is 72.9 Å². The van der Waals surface area contributed by atoms with Crippen LogP contribution in [-0.2, 0) is 0 Å². The lowest BCUT2D eigenvalue weighted by molar-refractivity contribution is 0.101. The summed E-state index contributed by atoms with van der Waals surface area (Å²) in [7, 11) is 0. The van der Waals surface area contributed by atoms with E-state index in [0.717, 1.165) is 22.4 Å². The van der Waals surface area contributed by atoms with Crippen molar-refractivity contribution >= 4 is 39.8 Å². The maximum atomic E-state index is 12.8. The van der Waals surface area contributed by atoms with Crippen molar-refractivity contribution in [3.05, 3.63) is 84.4 Å². The van der Waals surface area contributed by atoms with Crippen LogP contribution in [0.2, 0.25) is 0 Å². The Morgan fingerprint density at radius 3 is 2.57 bits per heavy atom. The number of hydrogen-bond acceptors (Lipinski definition) is 6. The summed E-state index contributed by atoms with van der Waals surface area (Å²) in [6.07, 6.45) is 1.64. The number of benzene rings is 2. The molecule has 0 aliphatic carbocycles. The molecule has 5 aromatic rings. The van der Waals surface area contributed by atoms with Gasteiger partial charge in [0.1, 0.15) is 0 Å². The van der Waals surface area contributed by atoms with Crippen LogP contribution in [0.3, 0.4) is 0 Å².